The minimum Gasteiger partial charge on any atom is -0.496 e. The number of nitrogens with one attached hydrogen (secondary N) is 1. The third kappa shape index (κ3) is 7.96. The molecule has 3 aromatic rings. The van der Waals surface area contributed by atoms with Crippen LogP contribution in [0.15, 0.2) is 72.8 Å². The van der Waals surface area contributed by atoms with Gasteiger partial charge >= 0.3 is 0 Å². The van der Waals surface area contributed by atoms with E-state index in [2.05, 4.69) is 67.1 Å². The lowest BCUT2D eigenvalue weighted by Crippen LogP contribution is -2.52. The van der Waals surface area contributed by atoms with E-state index in [1.165, 1.54) is 51.4 Å². The number of carbonyl (C=O) groups is 1. The first kappa shape index (κ1) is 34.3. The zero-order chi connectivity index (χ0) is 31.9. The smallest absolute Gasteiger partial charge is 0.257 e. The molecule has 2 aliphatic rings. The van der Waals surface area contributed by atoms with Gasteiger partial charge in [-0.2, -0.15) is 0 Å². The largest absolute Gasteiger partial charge is 0.496 e. The first-order chi connectivity index (χ1) is 21.0. The van der Waals surface area contributed by atoms with Crippen LogP contribution in [0.5, 0.6) is 5.75 Å². The van der Waals surface area contributed by atoms with Crippen LogP contribution in [-0.4, -0.2) is 60.1 Å². The highest BCUT2D eigenvalue weighted by molar-refractivity contribution is 6.37. The van der Waals surface area contributed by atoms with E-state index in [-0.39, 0.29) is 34.1 Å². The van der Waals surface area contributed by atoms with Crippen molar-refractivity contribution in [2.24, 2.45) is 5.73 Å². The monoisotopic (exact) mass is 638 g/mol. The van der Waals surface area contributed by atoms with Crippen LogP contribution in [0.3, 0.4) is 0 Å². The zero-order valence-electron chi connectivity index (χ0n) is 26.8. The van der Waals surface area contributed by atoms with Gasteiger partial charge in [0.25, 0.3) is 5.91 Å². The summed E-state index contributed by atoms with van der Waals surface area (Å²) in [6.45, 7) is 13.3. The lowest BCUT2D eigenvalue weighted by atomic mass is 9.86. The molecule has 3 aromatic carbocycles. The van der Waals surface area contributed by atoms with Gasteiger partial charge in [-0.15, -0.1) is 0 Å². The second kappa shape index (κ2) is 15.1. The number of likely N-dealkylation sites (tertiary alicyclic amines) is 2. The molecule has 3 N–H and O–H groups in total. The van der Waals surface area contributed by atoms with Gasteiger partial charge in [0.1, 0.15) is 11.3 Å². The average Bonchev–Trinajstić information content (AvgIpc) is 3.76. The Morgan fingerprint density at radius 1 is 0.795 bits per heavy atom. The van der Waals surface area contributed by atoms with Gasteiger partial charge in [-0.25, -0.2) is 0 Å². The van der Waals surface area contributed by atoms with Crippen molar-refractivity contribution in [3.8, 4) is 5.75 Å². The minimum absolute atomic E-state index is 0.0534. The number of rotatable bonds is 9. The van der Waals surface area contributed by atoms with Crippen molar-refractivity contribution in [3.63, 3.8) is 0 Å². The number of benzene rings is 3. The number of halogens is 2. The molecule has 2 saturated heterocycles. The SMILES string of the molecule is CC(C)(C(N)c1ccccc1)N1CCCC1.COc1cc(Cl)cc(Cl)c1C(=O)NC(c1ccccc1)C(C)(C)N1CCCC1. The Bertz CT molecular complexity index is 1360. The van der Waals surface area contributed by atoms with Crippen molar-refractivity contribution in [2.75, 3.05) is 33.3 Å². The van der Waals surface area contributed by atoms with Gasteiger partial charge in [0.05, 0.1) is 18.2 Å². The van der Waals surface area contributed by atoms with Crippen molar-refractivity contribution >= 4 is 29.1 Å². The number of nitrogens with zero attached hydrogens (tertiary/aromatic N) is 2. The third-order valence-corrected chi connectivity index (χ3v) is 9.86. The van der Waals surface area contributed by atoms with E-state index in [4.69, 9.17) is 33.7 Å². The van der Waals surface area contributed by atoms with E-state index in [1.54, 1.807) is 12.1 Å². The Morgan fingerprint density at radius 3 is 1.77 bits per heavy atom. The predicted molar refractivity (Wildman–Crippen MR) is 183 cm³/mol. The van der Waals surface area contributed by atoms with Gasteiger partial charge in [0.15, 0.2) is 0 Å². The number of amides is 1. The average molecular weight is 640 g/mol. The highest BCUT2D eigenvalue weighted by Crippen LogP contribution is 2.36. The molecule has 0 aliphatic carbocycles. The molecule has 6 nitrogen and oxygen atoms in total. The standard InChI is InChI=1S/C22H26Cl2N2O2.C14H22N2/c1-22(2,26-11-7-8-12-26)20(15-9-5-4-6-10-15)25-21(27)19-17(24)13-16(23)14-18(19)28-3;1-14(2,16-10-6-7-11-16)13(15)12-8-4-3-5-9-12/h4-6,9-10,13-14,20H,7-8,11-12H2,1-3H3,(H,25,27);3-5,8-9,13H,6-7,10-11,15H2,1-2H3. The number of methoxy groups -OCH3 is 1. The number of carbonyl (C=O) groups excluding carboxylic acids is 1. The van der Waals surface area contributed by atoms with Crippen molar-refractivity contribution < 1.29 is 9.53 Å². The fourth-order valence-electron chi connectivity index (χ4n) is 6.48. The van der Waals surface area contributed by atoms with E-state index in [9.17, 15) is 4.79 Å². The summed E-state index contributed by atoms with van der Waals surface area (Å²) in [5.74, 6) is 0.0837. The van der Waals surface area contributed by atoms with Crippen molar-refractivity contribution in [3.05, 3.63) is 99.5 Å². The maximum absolute atomic E-state index is 13.3. The fourth-order valence-corrected chi connectivity index (χ4v) is 7.04. The molecule has 0 spiro atoms. The van der Waals surface area contributed by atoms with Gasteiger partial charge in [0, 0.05) is 22.1 Å². The molecule has 2 fully saturated rings. The van der Waals surface area contributed by atoms with Crippen LogP contribution in [0.4, 0.5) is 0 Å². The van der Waals surface area contributed by atoms with E-state index in [0.717, 1.165) is 18.7 Å². The molecule has 0 aromatic heterocycles. The molecular formula is C36H48Cl2N4O2. The molecule has 1 amide bonds. The summed E-state index contributed by atoms with van der Waals surface area (Å²) in [7, 11) is 1.50. The van der Waals surface area contributed by atoms with Gasteiger partial charge < -0.3 is 15.8 Å². The summed E-state index contributed by atoms with van der Waals surface area (Å²) in [5.41, 5.74) is 8.79. The first-order valence-electron chi connectivity index (χ1n) is 15.7. The van der Waals surface area contributed by atoms with Crippen LogP contribution in [0.1, 0.15) is 86.9 Å². The zero-order valence-corrected chi connectivity index (χ0v) is 28.3. The quantitative estimate of drug-likeness (QED) is 0.249. The Balaban J connectivity index is 0.000000233. The lowest BCUT2D eigenvalue weighted by molar-refractivity contribution is 0.0776. The molecule has 2 heterocycles. The number of ether oxygens (including phenoxy) is 1. The Kier molecular flexibility index (Phi) is 11.8. The molecular weight excluding hydrogens is 591 g/mol. The normalized spacial score (nSPS) is 17.5. The lowest BCUT2D eigenvalue weighted by Gasteiger charge is -2.42. The van der Waals surface area contributed by atoms with Crippen molar-refractivity contribution in [1.29, 1.82) is 0 Å². The summed E-state index contributed by atoms with van der Waals surface area (Å²) >= 11 is 12.4. The Morgan fingerprint density at radius 2 is 1.27 bits per heavy atom. The topological polar surface area (TPSA) is 70.8 Å². The molecule has 2 unspecified atom stereocenters. The van der Waals surface area contributed by atoms with E-state index in [0.29, 0.717) is 16.3 Å². The molecule has 44 heavy (non-hydrogen) atoms. The summed E-state index contributed by atoms with van der Waals surface area (Å²) < 4.78 is 5.36. The Labute approximate surface area is 273 Å². The molecule has 2 atom stereocenters. The number of nitrogens with two attached hydrogens (primary N) is 1. The molecule has 2 aliphatic heterocycles. The molecule has 0 bridgehead atoms. The summed E-state index contributed by atoms with van der Waals surface area (Å²) in [6.07, 6.45) is 4.97. The van der Waals surface area contributed by atoms with E-state index in [1.807, 2.05) is 36.4 Å². The highest BCUT2D eigenvalue weighted by Gasteiger charge is 2.39. The molecule has 5 rings (SSSR count). The predicted octanol–water partition coefficient (Wildman–Crippen LogP) is 7.91. The van der Waals surface area contributed by atoms with Gasteiger partial charge in [-0.05, 0) is 103 Å². The molecule has 238 valence electrons. The number of hydrogen-bond acceptors (Lipinski definition) is 5. The van der Waals surface area contributed by atoms with Crippen LogP contribution in [0.25, 0.3) is 0 Å². The van der Waals surface area contributed by atoms with Crippen molar-refractivity contribution in [2.45, 2.75) is 76.5 Å². The summed E-state index contributed by atoms with van der Waals surface area (Å²) in [6, 6.07) is 23.5. The van der Waals surface area contributed by atoms with E-state index < -0.39 is 0 Å². The third-order valence-electron chi connectivity index (χ3n) is 9.34. The van der Waals surface area contributed by atoms with E-state index >= 15 is 0 Å². The summed E-state index contributed by atoms with van der Waals surface area (Å²) in [4.78, 5) is 18.2. The minimum atomic E-state index is -0.278. The second-order valence-corrected chi connectivity index (χ2v) is 13.7. The van der Waals surface area contributed by atoms with Crippen LogP contribution in [0, 0.1) is 0 Å². The fraction of sp³-hybridized carbons (Fsp3) is 0.472. The number of hydrogen-bond donors (Lipinski definition) is 2. The Hall–Kier alpha value is -2.61. The summed E-state index contributed by atoms with van der Waals surface area (Å²) in [5, 5.41) is 3.91. The van der Waals surface area contributed by atoms with Gasteiger partial charge in [-0.1, -0.05) is 83.9 Å². The van der Waals surface area contributed by atoms with Crippen LogP contribution >= 0.6 is 23.2 Å². The van der Waals surface area contributed by atoms with Gasteiger partial charge in [0.2, 0.25) is 0 Å². The van der Waals surface area contributed by atoms with Gasteiger partial charge in [-0.3, -0.25) is 14.6 Å². The molecule has 0 saturated carbocycles. The first-order valence-corrected chi connectivity index (χ1v) is 16.4. The molecule has 0 radical (unpaired) electrons. The van der Waals surface area contributed by atoms with Crippen LogP contribution < -0.4 is 15.8 Å². The second-order valence-electron chi connectivity index (χ2n) is 12.9. The molecule has 8 heteroatoms. The maximum atomic E-state index is 13.3. The highest BCUT2D eigenvalue weighted by atomic mass is 35.5. The van der Waals surface area contributed by atoms with Crippen LogP contribution in [-0.2, 0) is 0 Å². The van der Waals surface area contributed by atoms with Crippen LogP contribution in [0.2, 0.25) is 10.0 Å². The maximum Gasteiger partial charge on any atom is 0.257 e. The van der Waals surface area contributed by atoms with Crippen molar-refractivity contribution in [1.82, 2.24) is 15.1 Å².